The van der Waals surface area contributed by atoms with E-state index in [0.717, 1.165) is 12.3 Å². The van der Waals surface area contributed by atoms with E-state index in [1.54, 1.807) is 0 Å². The van der Waals surface area contributed by atoms with Crippen LogP contribution in [0.4, 0.5) is 10.5 Å². The molecule has 74 valence electrons. The molecule has 2 rings (SSSR count). The third-order valence-electron chi connectivity index (χ3n) is 1.92. The molecule has 1 fully saturated rings. The van der Waals surface area contributed by atoms with Gasteiger partial charge in [0.05, 0.1) is 12.7 Å². The van der Waals surface area contributed by atoms with Crippen LogP contribution in [0.3, 0.4) is 0 Å². The van der Waals surface area contributed by atoms with Gasteiger partial charge in [-0.25, -0.2) is 4.79 Å². The number of carbonyl (C=O) groups excluding carboxylic acids is 1. The summed E-state index contributed by atoms with van der Waals surface area (Å²) < 4.78 is 4.97. The van der Waals surface area contributed by atoms with Gasteiger partial charge in [0.1, 0.15) is 0 Å². The second kappa shape index (κ2) is 4.11. The van der Waals surface area contributed by atoms with Crippen LogP contribution in [0.1, 0.15) is 0 Å². The Hall–Kier alpha value is -1.55. The highest BCUT2D eigenvalue weighted by Crippen LogP contribution is 2.07. The Morgan fingerprint density at radius 2 is 2.14 bits per heavy atom. The third kappa shape index (κ3) is 2.74. The molecule has 4 heteroatoms. The second-order valence-electron chi connectivity index (χ2n) is 3.16. The number of nitrogens with one attached hydrogen (secondary N) is 2. The molecule has 2 amide bonds. The van der Waals surface area contributed by atoms with Crippen LogP contribution in [0.15, 0.2) is 30.3 Å². The lowest BCUT2D eigenvalue weighted by molar-refractivity contribution is 0.250. The molecule has 0 unspecified atom stereocenters. The Morgan fingerprint density at radius 1 is 1.43 bits per heavy atom. The standard InChI is InChI=1S/C10H12N2O2/c13-10(11-6-9-7-14-9)12-8-4-2-1-3-5-8/h1-5,9H,6-7H2,(H2,11,12,13)/t9-/m1/s1. The number of urea groups is 1. The number of rotatable bonds is 3. The van der Waals surface area contributed by atoms with Gasteiger partial charge in [-0.3, -0.25) is 0 Å². The highest BCUT2D eigenvalue weighted by Gasteiger charge is 2.22. The Labute approximate surface area is 82.3 Å². The van der Waals surface area contributed by atoms with Crippen LogP contribution in [0.25, 0.3) is 0 Å². The first-order valence-electron chi connectivity index (χ1n) is 4.56. The monoisotopic (exact) mass is 192 g/mol. The summed E-state index contributed by atoms with van der Waals surface area (Å²) in [6, 6.07) is 9.15. The van der Waals surface area contributed by atoms with Crippen molar-refractivity contribution in [3.63, 3.8) is 0 Å². The van der Waals surface area contributed by atoms with Gasteiger partial charge >= 0.3 is 6.03 Å². The van der Waals surface area contributed by atoms with Crippen molar-refractivity contribution in [2.75, 3.05) is 18.5 Å². The zero-order valence-electron chi connectivity index (χ0n) is 7.69. The molecule has 0 aromatic heterocycles. The fraction of sp³-hybridized carbons (Fsp3) is 0.300. The van der Waals surface area contributed by atoms with E-state index in [1.165, 1.54) is 0 Å². The number of para-hydroxylation sites is 1. The lowest BCUT2D eigenvalue weighted by Gasteiger charge is -2.05. The van der Waals surface area contributed by atoms with Crippen molar-refractivity contribution in [2.45, 2.75) is 6.10 Å². The van der Waals surface area contributed by atoms with Gasteiger partial charge in [0, 0.05) is 12.2 Å². The number of carbonyl (C=O) groups is 1. The van der Waals surface area contributed by atoms with E-state index < -0.39 is 0 Å². The maximum atomic E-state index is 11.3. The molecule has 1 saturated heterocycles. The van der Waals surface area contributed by atoms with E-state index >= 15 is 0 Å². The Kier molecular flexibility index (Phi) is 2.65. The topological polar surface area (TPSA) is 53.7 Å². The van der Waals surface area contributed by atoms with Gasteiger partial charge in [0.25, 0.3) is 0 Å². The van der Waals surface area contributed by atoms with Crippen molar-refractivity contribution in [1.82, 2.24) is 5.32 Å². The minimum absolute atomic E-state index is 0.188. The highest BCUT2D eigenvalue weighted by molar-refractivity contribution is 5.89. The van der Waals surface area contributed by atoms with E-state index in [0.29, 0.717) is 6.54 Å². The second-order valence-corrected chi connectivity index (χ2v) is 3.16. The van der Waals surface area contributed by atoms with Crippen LogP contribution in [0, 0.1) is 0 Å². The summed E-state index contributed by atoms with van der Waals surface area (Å²) in [6.07, 6.45) is 0.219. The number of epoxide rings is 1. The zero-order valence-corrected chi connectivity index (χ0v) is 7.69. The molecule has 0 saturated carbocycles. The zero-order chi connectivity index (χ0) is 9.80. The highest BCUT2D eigenvalue weighted by atomic mass is 16.6. The molecule has 1 atom stereocenters. The lowest BCUT2D eigenvalue weighted by atomic mass is 10.3. The molecule has 1 aliphatic heterocycles. The molecule has 14 heavy (non-hydrogen) atoms. The molecule has 0 bridgehead atoms. The van der Waals surface area contributed by atoms with Crippen molar-refractivity contribution >= 4 is 11.7 Å². The molecule has 0 aliphatic carbocycles. The van der Waals surface area contributed by atoms with E-state index in [9.17, 15) is 4.79 Å². The summed E-state index contributed by atoms with van der Waals surface area (Å²) in [6.45, 7) is 1.34. The predicted octanol–water partition coefficient (Wildman–Crippen LogP) is 1.21. The maximum absolute atomic E-state index is 11.3. The Bertz CT molecular complexity index is 309. The number of anilines is 1. The maximum Gasteiger partial charge on any atom is 0.319 e. The molecule has 0 radical (unpaired) electrons. The summed E-state index contributed by atoms with van der Waals surface area (Å²) in [5, 5.41) is 5.44. The van der Waals surface area contributed by atoms with Crippen LogP contribution in [-0.2, 0) is 4.74 Å². The minimum atomic E-state index is -0.188. The first kappa shape index (κ1) is 9.02. The Balaban J connectivity index is 1.76. The largest absolute Gasteiger partial charge is 0.371 e. The van der Waals surface area contributed by atoms with Crippen molar-refractivity contribution < 1.29 is 9.53 Å². The molecule has 1 aromatic carbocycles. The third-order valence-corrected chi connectivity index (χ3v) is 1.92. The average Bonchev–Trinajstić information content (AvgIpc) is 3.00. The van der Waals surface area contributed by atoms with Crippen LogP contribution in [0.5, 0.6) is 0 Å². The van der Waals surface area contributed by atoms with Gasteiger partial charge < -0.3 is 15.4 Å². The van der Waals surface area contributed by atoms with E-state index in [4.69, 9.17) is 4.74 Å². The Morgan fingerprint density at radius 3 is 2.79 bits per heavy atom. The van der Waals surface area contributed by atoms with Gasteiger partial charge in [-0.1, -0.05) is 18.2 Å². The summed E-state index contributed by atoms with van der Waals surface area (Å²) in [4.78, 5) is 11.3. The van der Waals surface area contributed by atoms with Crippen molar-refractivity contribution in [3.8, 4) is 0 Å². The van der Waals surface area contributed by atoms with E-state index in [2.05, 4.69) is 10.6 Å². The lowest BCUT2D eigenvalue weighted by Crippen LogP contribution is -2.31. The SMILES string of the molecule is O=C(NC[C@@H]1CO1)Nc1ccccc1. The molecule has 1 aliphatic rings. The van der Waals surface area contributed by atoms with Crippen LogP contribution < -0.4 is 10.6 Å². The summed E-state index contributed by atoms with van der Waals surface area (Å²) >= 11 is 0. The number of hydrogen-bond acceptors (Lipinski definition) is 2. The van der Waals surface area contributed by atoms with Crippen LogP contribution >= 0.6 is 0 Å². The van der Waals surface area contributed by atoms with Crippen molar-refractivity contribution in [3.05, 3.63) is 30.3 Å². The molecular formula is C10H12N2O2. The van der Waals surface area contributed by atoms with Gasteiger partial charge in [0.15, 0.2) is 0 Å². The van der Waals surface area contributed by atoms with Gasteiger partial charge in [0.2, 0.25) is 0 Å². The van der Waals surface area contributed by atoms with Crippen LogP contribution in [0.2, 0.25) is 0 Å². The van der Waals surface area contributed by atoms with Crippen molar-refractivity contribution in [2.24, 2.45) is 0 Å². The molecule has 1 heterocycles. The molecule has 1 aromatic rings. The fourth-order valence-corrected chi connectivity index (χ4v) is 1.09. The normalized spacial score (nSPS) is 18.7. The van der Waals surface area contributed by atoms with Gasteiger partial charge in [-0.05, 0) is 12.1 Å². The van der Waals surface area contributed by atoms with Crippen LogP contribution in [-0.4, -0.2) is 25.3 Å². The van der Waals surface area contributed by atoms with Crippen molar-refractivity contribution in [1.29, 1.82) is 0 Å². The predicted molar refractivity (Wildman–Crippen MR) is 53.2 cm³/mol. The first-order chi connectivity index (χ1) is 6.84. The van der Waals surface area contributed by atoms with Gasteiger partial charge in [-0.2, -0.15) is 0 Å². The summed E-state index contributed by atoms with van der Waals surface area (Å²) in [5.41, 5.74) is 0.793. The molecule has 4 nitrogen and oxygen atoms in total. The minimum Gasteiger partial charge on any atom is -0.371 e. The first-order valence-corrected chi connectivity index (χ1v) is 4.56. The van der Waals surface area contributed by atoms with Gasteiger partial charge in [-0.15, -0.1) is 0 Å². The molecule has 0 spiro atoms. The number of hydrogen-bond donors (Lipinski definition) is 2. The summed E-state index contributed by atoms with van der Waals surface area (Å²) in [7, 11) is 0. The number of amides is 2. The van der Waals surface area contributed by atoms with E-state index in [-0.39, 0.29) is 12.1 Å². The number of benzene rings is 1. The quantitative estimate of drug-likeness (QED) is 0.707. The molecular weight excluding hydrogens is 180 g/mol. The number of ether oxygens (including phenoxy) is 1. The summed E-state index contributed by atoms with van der Waals surface area (Å²) in [5.74, 6) is 0. The fourth-order valence-electron chi connectivity index (χ4n) is 1.09. The smallest absolute Gasteiger partial charge is 0.319 e. The average molecular weight is 192 g/mol. The van der Waals surface area contributed by atoms with E-state index in [1.807, 2.05) is 30.3 Å². The molecule has 2 N–H and O–H groups in total.